The maximum atomic E-state index is 12.5. The van der Waals surface area contributed by atoms with Crippen LogP contribution in [0.4, 0.5) is 0 Å². The summed E-state index contributed by atoms with van der Waals surface area (Å²) < 4.78 is 5.53. The highest BCUT2D eigenvalue weighted by atomic mass is 16.5. The first kappa shape index (κ1) is 14.3. The van der Waals surface area contributed by atoms with Crippen LogP contribution in [0.5, 0.6) is 5.75 Å². The Hall–Kier alpha value is -2.09. The second kappa shape index (κ2) is 6.38. The third-order valence-electron chi connectivity index (χ3n) is 3.23. The Labute approximate surface area is 120 Å². The van der Waals surface area contributed by atoms with E-state index in [2.05, 4.69) is 6.92 Å². The molecule has 2 aromatic rings. The van der Waals surface area contributed by atoms with E-state index >= 15 is 0 Å². The van der Waals surface area contributed by atoms with Crippen LogP contribution in [0.2, 0.25) is 0 Å². The second-order valence-corrected chi connectivity index (χ2v) is 5.02. The van der Waals surface area contributed by atoms with Gasteiger partial charge in [-0.25, -0.2) is 0 Å². The molecule has 0 radical (unpaired) electrons. The zero-order chi connectivity index (χ0) is 14.5. The number of hydrogen-bond donors (Lipinski definition) is 0. The maximum absolute atomic E-state index is 12.5. The van der Waals surface area contributed by atoms with E-state index in [4.69, 9.17) is 4.74 Å². The van der Waals surface area contributed by atoms with Crippen molar-refractivity contribution in [2.75, 3.05) is 6.61 Å². The van der Waals surface area contributed by atoms with Crippen molar-refractivity contribution in [2.45, 2.75) is 27.2 Å². The Balaban J connectivity index is 2.22. The summed E-state index contributed by atoms with van der Waals surface area (Å²) >= 11 is 0. The van der Waals surface area contributed by atoms with Crippen molar-refractivity contribution in [3.05, 3.63) is 64.7 Å². The Morgan fingerprint density at radius 2 is 1.75 bits per heavy atom. The zero-order valence-corrected chi connectivity index (χ0v) is 12.3. The summed E-state index contributed by atoms with van der Waals surface area (Å²) in [6.45, 7) is 6.73. The van der Waals surface area contributed by atoms with Crippen LogP contribution in [-0.2, 0) is 0 Å². The summed E-state index contributed by atoms with van der Waals surface area (Å²) in [5, 5.41) is 0. The summed E-state index contributed by atoms with van der Waals surface area (Å²) in [6, 6.07) is 13.3. The van der Waals surface area contributed by atoms with Crippen LogP contribution in [0.3, 0.4) is 0 Å². The first-order valence-corrected chi connectivity index (χ1v) is 6.96. The second-order valence-electron chi connectivity index (χ2n) is 5.02. The molecule has 0 unspecified atom stereocenters. The SMILES string of the molecule is CCCOc1ccc(C(=O)c2cc(C)ccc2C)cc1. The normalized spacial score (nSPS) is 10.3. The van der Waals surface area contributed by atoms with Gasteiger partial charge in [0.25, 0.3) is 0 Å². The molecule has 2 rings (SSSR count). The molecule has 0 aromatic heterocycles. The minimum absolute atomic E-state index is 0.0632. The first-order valence-electron chi connectivity index (χ1n) is 6.96. The molecule has 0 aliphatic heterocycles. The van der Waals surface area contributed by atoms with Crippen molar-refractivity contribution in [3.63, 3.8) is 0 Å². The van der Waals surface area contributed by atoms with Gasteiger partial charge in [-0.05, 0) is 56.2 Å². The van der Waals surface area contributed by atoms with Crippen LogP contribution in [0.1, 0.15) is 40.4 Å². The van der Waals surface area contributed by atoms with Gasteiger partial charge in [0.2, 0.25) is 0 Å². The molecule has 0 fully saturated rings. The van der Waals surface area contributed by atoms with Gasteiger partial charge in [0.15, 0.2) is 5.78 Å². The minimum atomic E-state index is 0.0632. The lowest BCUT2D eigenvalue weighted by Gasteiger charge is -2.08. The molecule has 0 spiro atoms. The summed E-state index contributed by atoms with van der Waals surface area (Å²) in [5.74, 6) is 0.873. The van der Waals surface area contributed by atoms with E-state index in [9.17, 15) is 4.79 Å². The summed E-state index contributed by atoms with van der Waals surface area (Å²) in [4.78, 5) is 12.5. The van der Waals surface area contributed by atoms with E-state index in [1.165, 1.54) is 0 Å². The van der Waals surface area contributed by atoms with Crippen LogP contribution in [-0.4, -0.2) is 12.4 Å². The monoisotopic (exact) mass is 268 g/mol. The topological polar surface area (TPSA) is 26.3 Å². The number of carbonyl (C=O) groups is 1. The van der Waals surface area contributed by atoms with E-state index < -0.39 is 0 Å². The van der Waals surface area contributed by atoms with Gasteiger partial charge >= 0.3 is 0 Å². The molecule has 2 nitrogen and oxygen atoms in total. The van der Waals surface area contributed by atoms with E-state index in [1.54, 1.807) is 0 Å². The fourth-order valence-electron chi connectivity index (χ4n) is 2.06. The highest BCUT2D eigenvalue weighted by Gasteiger charge is 2.11. The molecule has 0 bridgehead atoms. The fraction of sp³-hybridized carbons (Fsp3) is 0.278. The molecule has 104 valence electrons. The Morgan fingerprint density at radius 3 is 2.40 bits per heavy atom. The van der Waals surface area contributed by atoms with Crippen molar-refractivity contribution in [3.8, 4) is 5.75 Å². The van der Waals surface area contributed by atoms with Gasteiger partial charge in [-0.3, -0.25) is 4.79 Å². The molecule has 20 heavy (non-hydrogen) atoms. The molecule has 0 amide bonds. The largest absolute Gasteiger partial charge is 0.494 e. The molecule has 0 atom stereocenters. The van der Waals surface area contributed by atoms with Gasteiger partial charge in [-0.2, -0.15) is 0 Å². The lowest BCUT2D eigenvalue weighted by Crippen LogP contribution is -2.04. The molecule has 2 heteroatoms. The predicted molar refractivity (Wildman–Crippen MR) is 81.6 cm³/mol. The molecular weight excluding hydrogens is 248 g/mol. The van der Waals surface area contributed by atoms with Crippen molar-refractivity contribution in [1.82, 2.24) is 0 Å². The van der Waals surface area contributed by atoms with Crippen molar-refractivity contribution >= 4 is 5.78 Å². The quantitative estimate of drug-likeness (QED) is 0.755. The number of ether oxygens (including phenoxy) is 1. The van der Waals surface area contributed by atoms with Gasteiger partial charge in [-0.1, -0.05) is 24.6 Å². The average Bonchev–Trinajstić information content (AvgIpc) is 2.47. The minimum Gasteiger partial charge on any atom is -0.494 e. The van der Waals surface area contributed by atoms with E-state index in [0.717, 1.165) is 28.9 Å². The smallest absolute Gasteiger partial charge is 0.193 e. The number of benzene rings is 2. The molecule has 2 aromatic carbocycles. The van der Waals surface area contributed by atoms with Crippen molar-refractivity contribution in [2.24, 2.45) is 0 Å². The predicted octanol–water partition coefficient (Wildman–Crippen LogP) is 4.32. The van der Waals surface area contributed by atoms with E-state index in [1.807, 2.05) is 56.3 Å². The highest BCUT2D eigenvalue weighted by molar-refractivity contribution is 6.10. The first-order chi connectivity index (χ1) is 9.61. The summed E-state index contributed by atoms with van der Waals surface area (Å²) in [6.07, 6.45) is 0.975. The molecule has 0 N–H and O–H groups in total. The molecule has 0 saturated heterocycles. The lowest BCUT2D eigenvalue weighted by molar-refractivity contribution is 0.103. The highest BCUT2D eigenvalue weighted by Crippen LogP contribution is 2.18. The third-order valence-corrected chi connectivity index (χ3v) is 3.23. The van der Waals surface area contributed by atoms with Gasteiger partial charge in [0, 0.05) is 11.1 Å². The molecule has 0 aliphatic rings. The fourth-order valence-corrected chi connectivity index (χ4v) is 2.06. The Morgan fingerprint density at radius 1 is 1.05 bits per heavy atom. The van der Waals surface area contributed by atoms with Crippen LogP contribution >= 0.6 is 0 Å². The average molecular weight is 268 g/mol. The van der Waals surface area contributed by atoms with Crippen LogP contribution in [0, 0.1) is 13.8 Å². The lowest BCUT2D eigenvalue weighted by atomic mass is 9.97. The van der Waals surface area contributed by atoms with Gasteiger partial charge < -0.3 is 4.74 Å². The maximum Gasteiger partial charge on any atom is 0.193 e. The molecule has 0 saturated carbocycles. The number of carbonyl (C=O) groups excluding carboxylic acids is 1. The van der Waals surface area contributed by atoms with Crippen molar-refractivity contribution in [1.29, 1.82) is 0 Å². The van der Waals surface area contributed by atoms with Crippen LogP contribution in [0.25, 0.3) is 0 Å². The van der Waals surface area contributed by atoms with Crippen molar-refractivity contribution < 1.29 is 9.53 Å². The standard InChI is InChI=1S/C18H20O2/c1-4-11-20-16-9-7-15(8-10-16)18(19)17-12-13(2)5-6-14(17)3/h5-10,12H,4,11H2,1-3H3. The Kier molecular flexibility index (Phi) is 4.57. The third kappa shape index (κ3) is 3.27. The van der Waals surface area contributed by atoms with Crippen LogP contribution in [0.15, 0.2) is 42.5 Å². The van der Waals surface area contributed by atoms with Gasteiger partial charge in [-0.15, -0.1) is 0 Å². The number of rotatable bonds is 5. The van der Waals surface area contributed by atoms with E-state index in [-0.39, 0.29) is 5.78 Å². The molecule has 0 heterocycles. The summed E-state index contributed by atoms with van der Waals surface area (Å²) in [5.41, 5.74) is 3.57. The van der Waals surface area contributed by atoms with Crippen LogP contribution < -0.4 is 4.74 Å². The number of hydrogen-bond acceptors (Lipinski definition) is 2. The Bertz CT molecular complexity index is 597. The summed E-state index contributed by atoms with van der Waals surface area (Å²) in [7, 11) is 0. The zero-order valence-electron chi connectivity index (χ0n) is 12.3. The number of aryl methyl sites for hydroxylation is 2. The number of ketones is 1. The molecular formula is C18H20O2. The molecule has 0 aliphatic carbocycles. The van der Waals surface area contributed by atoms with Gasteiger partial charge in [0.1, 0.15) is 5.75 Å². The van der Waals surface area contributed by atoms with E-state index in [0.29, 0.717) is 12.2 Å². The van der Waals surface area contributed by atoms with Gasteiger partial charge in [0.05, 0.1) is 6.61 Å².